The van der Waals surface area contributed by atoms with Crippen LogP contribution >= 0.6 is 0 Å². The summed E-state index contributed by atoms with van der Waals surface area (Å²) >= 11 is 0. The number of carbonyl (C=O) groups excluding carboxylic acids is 2. The standard InChI is InChI=1S/C25H31N3O5S/c1-25(2)21-14-20(10-11-22(21)27(3)24(25)30)34(31,32)28-12-6-8-18(16-28)23(29)26-15-17-7-5-9-19(13-17)33-4/h5,7,9-11,13-14,18H,6,8,12,15-16H2,1-4H3,(H,26,29)/t18-/m0/s1. The van der Waals surface area contributed by atoms with Gasteiger partial charge in [0.05, 0.1) is 23.3 Å². The number of amides is 2. The molecule has 0 unspecified atom stereocenters. The molecule has 0 aromatic heterocycles. The number of piperidine rings is 1. The number of benzene rings is 2. The van der Waals surface area contributed by atoms with Gasteiger partial charge in [-0.2, -0.15) is 4.31 Å². The van der Waals surface area contributed by atoms with Crippen LogP contribution in [0.1, 0.15) is 37.8 Å². The highest BCUT2D eigenvalue weighted by Crippen LogP contribution is 2.42. The maximum absolute atomic E-state index is 13.5. The molecule has 9 heteroatoms. The van der Waals surface area contributed by atoms with Crippen LogP contribution in [0.3, 0.4) is 0 Å². The molecule has 1 N–H and O–H groups in total. The van der Waals surface area contributed by atoms with Crippen LogP contribution in [0, 0.1) is 5.92 Å². The van der Waals surface area contributed by atoms with E-state index in [1.54, 1.807) is 51.1 Å². The average Bonchev–Trinajstić information content (AvgIpc) is 3.02. The van der Waals surface area contributed by atoms with Crippen molar-refractivity contribution in [1.29, 1.82) is 0 Å². The van der Waals surface area contributed by atoms with E-state index in [-0.39, 0.29) is 23.3 Å². The molecule has 182 valence electrons. The third-order valence-corrected chi connectivity index (χ3v) is 8.70. The lowest BCUT2D eigenvalue weighted by molar-refractivity contribution is -0.126. The number of nitrogens with zero attached hydrogens (tertiary/aromatic N) is 2. The zero-order valence-corrected chi connectivity index (χ0v) is 20.8. The molecule has 8 nitrogen and oxygen atoms in total. The Morgan fingerprint density at radius 1 is 1.21 bits per heavy atom. The summed E-state index contributed by atoms with van der Waals surface area (Å²) in [4.78, 5) is 27.1. The van der Waals surface area contributed by atoms with Crippen LogP contribution < -0.4 is 15.0 Å². The molecule has 2 aromatic rings. The lowest BCUT2D eigenvalue weighted by atomic mass is 9.86. The fourth-order valence-electron chi connectivity index (χ4n) is 4.75. The van der Waals surface area contributed by atoms with Crippen LogP contribution in [0.4, 0.5) is 5.69 Å². The normalized spacial score (nSPS) is 20.2. The van der Waals surface area contributed by atoms with Gasteiger partial charge in [0.2, 0.25) is 21.8 Å². The monoisotopic (exact) mass is 485 g/mol. The van der Waals surface area contributed by atoms with Crippen LogP contribution in [0.2, 0.25) is 0 Å². The Balaban J connectivity index is 1.48. The van der Waals surface area contributed by atoms with Crippen LogP contribution in [0.25, 0.3) is 0 Å². The number of carbonyl (C=O) groups is 2. The Kier molecular flexibility index (Phi) is 6.44. The first kappa shape index (κ1) is 24.2. The van der Waals surface area contributed by atoms with Crippen molar-refractivity contribution in [2.75, 3.05) is 32.1 Å². The number of hydrogen-bond donors (Lipinski definition) is 1. The number of likely N-dealkylation sites (N-methyl/N-ethyl adjacent to an activating group) is 1. The van der Waals surface area contributed by atoms with E-state index in [1.165, 1.54) is 4.31 Å². The molecule has 0 bridgehead atoms. The summed E-state index contributed by atoms with van der Waals surface area (Å²) in [6.07, 6.45) is 1.24. The third-order valence-electron chi connectivity index (χ3n) is 6.84. The van der Waals surface area contributed by atoms with Crippen LogP contribution in [0.5, 0.6) is 5.75 Å². The molecule has 2 aliphatic rings. The van der Waals surface area contributed by atoms with Gasteiger partial charge in [-0.25, -0.2) is 8.42 Å². The smallest absolute Gasteiger partial charge is 0.243 e. The largest absolute Gasteiger partial charge is 0.497 e. The minimum atomic E-state index is -3.80. The first-order valence-corrected chi connectivity index (χ1v) is 12.8. The SMILES string of the molecule is COc1cccc(CNC(=O)[C@H]2CCCN(S(=O)(=O)c3ccc4c(c3)C(C)(C)C(=O)N4C)C2)c1. The summed E-state index contributed by atoms with van der Waals surface area (Å²) in [6.45, 7) is 4.45. The molecule has 0 spiro atoms. The molecule has 0 saturated carbocycles. The number of nitrogens with one attached hydrogen (secondary N) is 1. The summed E-state index contributed by atoms with van der Waals surface area (Å²) < 4.78 is 33.5. The predicted octanol–water partition coefficient (Wildman–Crippen LogP) is 2.67. The number of fused-ring (bicyclic) bond motifs is 1. The molecule has 1 atom stereocenters. The highest BCUT2D eigenvalue weighted by Gasteiger charge is 2.43. The van der Waals surface area contributed by atoms with E-state index < -0.39 is 21.4 Å². The number of rotatable bonds is 6. The van der Waals surface area contributed by atoms with Crippen molar-refractivity contribution in [3.63, 3.8) is 0 Å². The second kappa shape index (κ2) is 9.03. The molecule has 2 amide bonds. The summed E-state index contributed by atoms with van der Waals surface area (Å²) in [5, 5.41) is 2.93. The fourth-order valence-corrected chi connectivity index (χ4v) is 6.30. The molecule has 2 heterocycles. The summed E-state index contributed by atoms with van der Waals surface area (Å²) in [5.41, 5.74) is 1.54. The molecule has 2 aromatic carbocycles. The summed E-state index contributed by atoms with van der Waals surface area (Å²) in [6, 6.07) is 12.3. The van der Waals surface area contributed by atoms with Gasteiger partial charge in [-0.05, 0) is 68.1 Å². The zero-order chi connectivity index (χ0) is 24.7. The second-order valence-electron chi connectivity index (χ2n) is 9.44. The quantitative estimate of drug-likeness (QED) is 0.679. The van der Waals surface area contributed by atoms with Gasteiger partial charge < -0.3 is 15.0 Å². The molecule has 1 fully saturated rings. The number of methoxy groups -OCH3 is 1. The van der Waals surface area contributed by atoms with Gasteiger partial charge in [0.15, 0.2) is 0 Å². The van der Waals surface area contributed by atoms with Crippen molar-refractivity contribution >= 4 is 27.5 Å². The van der Waals surface area contributed by atoms with Crippen LogP contribution in [0.15, 0.2) is 47.4 Å². The van der Waals surface area contributed by atoms with Gasteiger partial charge in [-0.1, -0.05) is 12.1 Å². The molecule has 1 saturated heterocycles. The van der Waals surface area contributed by atoms with E-state index >= 15 is 0 Å². The van der Waals surface area contributed by atoms with Gasteiger partial charge in [-0.15, -0.1) is 0 Å². The number of sulfonamides is 1. The first-order chi connectivity index (χ1) is 16.1. The van der Waals surface area contributed by atoms with E-state index in [0.717, 1.165) is 11.3 Å². The minimum Gasteiger partial charge on any atom is -0.497 e. The van der Waals surface area contributed by atoms with Crippen LogP contribution in [-0.2, 0) is 31.6 Å². The Labute approximate surface area is 200 Å². The Morgan fingerprint density at radius 2 is 1.97 bits per heavy atom. The number of ether oxygens (including phenoxy) is 1. The first-order valence-electron chi connectivity index (χ1n) is 11.4. The van der Waals surface area contributed by atoms with Crippen molar-refractivity contribution < 1.29 is 22.7 Å². The van der Waals surface area contributed by atoms with Crippen LogP contribution in [-0.4, -0.2) is 51.8 Å². The molecule has 34 heavy (non-hydrogen) atoms. The highest BCUT2D eigenvalue weighted by molar-refractivity contribution is 7.89. The van der Waals surface area contributed by atoms with Gasteiger partial charge in [0, 0.05) is 32.4 Å². The fraction of sp³-hybridized carbons (Fsp3) is 0.440. The molecular weight excluding hydrogens is 454 g/mol. The Bertz CT molecular complexity index is 1220. The van der Waals surface area contributed by atoms with Crippen molar-refractivity contribution in [3.8, 4) is 5.75 Å². The van der Waals surface area contributed by atoms with Gasteiger partial charge in [0.1, 0.15) is 5.75 Å². The van der Waals surface area contributed by atoms with Crippen molar-refractivity contribution in [2.45, 2.75) is 43.5 Å². The second-order valence-corrected chi connectivity index (χ2v) is 11.4. The summed E-state index contributed by atoms with van der Waals surface area (Å²) in [5.74, 6) is 0.0626. The lowest BCUT2D eigenvalue weighted by Gasteiger charge is -2.31. The number of hydrogen-bond acceptors (Lipinski definition) is 5. The van der Waals surface area contributed by atoms with Gasteiger partial charge >= 0.3 is 0 Å². The average molecular weight is 486 g/mol. The van der Waals surface area contributed by atoms with Gasteiger partial charge in [0.25, 0.3) is 0 Å². The van der Waals surface area contributed by atoms with Gasteiger partial charge in [-0.3, -0.25) is 9.59 Å². The topological polar surface area (TPSA) is 96.0 Å². The molecular formula is C25H31N3O5S. The number of anilines is 1. The third kappa shape index (κ3) is 4.30. The predicted molar refractivity (Wildman–Crippen MR) is 129 cm³/mol. The molecule has 2 aliphatic heterocycles. The van der Waals surface area contributed by atoms with Crippen molar-refractivity contribution in [1.82, 2.24) is 9.62 Å². The van der Waals surface area contributed by atoms with E-state index in [4.69, 9.17) is 4.74 Å². The summed E-state index contributed by atoms with van der Waals surface area (Å²) in [7, 11) is -0.516. The zero-order valence-electron chi connectivity index (χ0n) is 20.0. The van der Waals surface area contributed by atoms with E-state index in [2.05, 4.69) is 5.32 Å². The molecule has 4 rings (SSSR count). The Hall–Kier alpha value is -2.91. The highest BCUT2D eigenvalue weighted by atomic mass is 32.2. The van der Waals surface area contributed by atoms with E-state index in [9.17, 15) is 18.0 Å². The molecule has 0 aliphatic carbocycles. The maximum atomic E-state index is 13.5. The minimum absolute atomic E-state index is 0.0669. The van der Waals surface area contributed by atoms with Crippen molar-refractivity contribution in [3.05, 3.63) is 53.6 Å². The van der Waals surface area contributed by atoms with E-state index in [1.807, 2.05) is 24.3 Å². The van der Waals surface area contributed by atoms with Crippen molar-refractivity contribution in [2.24, 2.45) is 5.92 Å². The molecule has 0 radical (unpaired) electrons. The lowest BCUT2D eigenvalue weighted by Crippen LogP contribution is -2.45. The maximum Gasteiger partial charge on any atom is 0.243 e. The van der Waals surface area contributed by atoms with E-state index in [0.29, 0.717) is 37.2 Å². The Morgan fingerprint density at radius 3 is 2.71 bits per heavy atom.